The summed E-state index contributed by atoms with van der Waals surface area (Å²) in [4.78, 5) is 19.3. The van der Waals surface area contributed by atoms with Crippen molar-refractivity contribution in [1.29, 1.82) is 0 Å². The van der Waals surface area contributed by atoms with Crippen LogP contribution >= 0.6 is 0 Å². The number of nitrogens with zero attached hydrogens (tertiary/aromatic N) is 3. The molecule has 0 N–H and O–H groups in total. The number of rotatable bonds is 3. The third kappa shape index (κ3) is 2.87. The van der Waals surface area contributed by atoms with Gasteiger partial charge in [0.1, 0.15) is 11.4 Å². The van der Waals surface area contributed by atoms with Crippen molar-refractivity contribution >= 4 is 5.65 Å². The molecule has 0 saturated carbocycles. The maximum Gasteiger partial charge on any atom is 0.258 e. The van der Waals surface area contributed by atoms with Gasteiger partial charge in [0.2, 0.25) is 0 Å². The standard InChI is InChI=1S/C19H21N3O2/c1-14-7-9-21(16(11-14)17-5-4-10-24-17)13-15-12-19(23)22-8-3-2-6-18(22)20-15/h2-6,8,10,12,14,16H,7,9,11,13H2,1H3/t14-,16-/m0/s1. The van der Waals surface area contributed by atoms with Crippen molar-refractivity contribution in [2.45, 2.75) is 32.4 Å². The fourth-order valence-electron chi connectivity index (χ4n) is 3.55. The largest absolute Gasteiger partial charge is 0.468 e. The summed E-state index contributed by atoms with van der Waals surface area (Å²) in [6.07, 6.45) is 5.71. The van der Waals surface area contributed by atoms with Gasteiger partial charge in [0.15, 0.2) is 0 Å². The Labute approximate surface area is 140 Å². The third-order valence-corrected chi connectivity index (χ3v) is 4.84. The second-order valence-electron chi connectivity index (χ2n) is 6.65. The molecule has 24 heavy (non-hydrogen) atoms. The molecule has 0 radical (unpaired) electrons. The zero-order valence-corrected chi connectivity index (χ0v) is 13.8. The quantitative estimate of drug-likeness (QED) is 0.742. The van der Waals surface area contributed by atoms with Crippen molar-refractivity contribution < 1.29 is 4.42 Å². The van der Waals surface area contributed by atoms with E-state index in [-0.39, 0.29) is 11.6 Å². The Bertz CT molecular complexity index is 885. The molecule has 5 nitrogen and oxygen atoms in total. The molecule has 0 unspecified atom stereocenters. The van der Waals surface area contributed by atoms with Gasteiger partial charge >= 0.3 is 0 Å². The van der Waals surface area contributed by atoms with Gasteiger partial charge in [-0.15, -0.1) is 0 Å². The van der Waals surface area contributed by atoms with Crippen LogP contribution in [-0.4, -0.2) is 20.8 Å². The van der Waals surface area contributed by atoms with Gasteiger partial charge in [-0.2, -0.15) is 0 Å². The van der Waals surface area contributed by atoms with Crippen molar-refractivity contribution in [1.82, 2.24) is 14.3 Å². The van der Waals surface area contributed by atoms with Gasteiger partial charge in [0, 0.05) is 18.8 Å². The summed E-state index contributed by atoms with van der Waals surface area (Å²) in [7, 11) is 0. The summed E-state index contributed by atoms with van der Waals surface area (Å²) in [6, 6.07) is 11.5. The lowest BCUT2D eigenvalue weighted by Gasteiger charge is -2.37. The van der Waals surface area contributed by atoms with Crippen molar-refractivity contribution in [3.63, 3.8) is 0 Å². The predicted molar refractivity (Wildman–Crippen MR) is 91.7 cm³/mol. The first-order chi connectivity index (χ1) is 11.7. The molecule has 0 bridgehead atoms. The number of pyridine rings is 1. The van der Waals surface area contributed by atoms with E-state index < -0.39 is 0 Å². The molecular formula is C19H21N3O2. The van der Waals surface area contributed by atoms with Crippen LogP contribution in [-0.2, 0) is 6.54 Å². The lowest BCUT2D eigenvalue weighted by Crippen LogP contribution is -2.36. The van der Waals surface area contributed by atoms with Crippen LogP contribution in [0.2, 0.25) is 0 Å². The van der Waals surface area contributed by atoms with Crippen LogP contribution in [0.15, 0.2) is 58.1 Å². The van der Waals surface area contributed by atoms with Crippen molar-refractivity contribution in [2.24, 2.45) is 5.92 Å². The molecule has 1 saturated heterocycles. The van der Waals surface area contributed by atoms with Gasteiger partial charge in [-0.05, 0) is 49.6 Å². The van der Waals surface area contributed by atoms with Gasteiger partial charge < -0.3 is 4.42 Å². The fraction of sp³-hybridized carbons (Fsp3) is 0.368. The van der Waals surface area contributed by atoms with E-state index in [1.54, 1.807) is 22.9 Å². The van der Waals surface area contributed by atoms with Gasteiger partial charge in [0.05, 0.1) is 18.0 Å². The van der Waals surface area contributed by atoms with Crippen LogP contribution in [0.1, 0.15) is 37.3 Å². The molecule has 1 aliphatic heterocycles. The average molecular weight is 323 g/mol. The number of fused-ring (bicyclic) bond motifs is 1. The maximum atomic E-state index is 12.3. The maximum absolute atomic E-state index is 12.3. The van der Waals surface area contributed by atoms with E-state index in [1.807, 2.05) is 30.3 Å². The minimum atomic E-state index is -0.0319. The summed E-state index contributed by atoms with van der Waals surface area (Å²) < 4.78 is 7.23. The summed E-state index contributed by atoms with van der Waals surface area (Å²) in [5.74, 6) is 1.67. The Balaban J connectivity index is 1.64. The summed E-state index contributed by atoms with van der Waals surface area (Å²) in [5.41, 5.74) is 1.48. The molecule has 5 heteroatoms. The van der Waals surface area contributed by atoms with Gasteiger partial charge in [0.25, 0.3) is 5.56 Å². The van der Waals surface area contributed by atoms with Crippen LogP contribution in [0.3, 0.4) is 0 Å². The Morgan fingerprint density at radius 2 is 2.21 bits per heavy atom. The highest BCUT2D eigenvalue weighted by Gasteiger charge is 2.29. The minimum absolute atomic E-state index is 0.0319. The van der Waals surface area contributed by atoms with E-state index in [4.69, 9.17) is 4.42 Å². The minimum Gasteiger partial charge on any atom is -0.468 e. The molecule has 1 aliphatic rings. The number of furan rings is 1. The molecule has 3 aromatic rings. The van der Waals surface area contributed by atoms with Gasteiger partial charge in [-0.1, -0.05) is 13.0 Å². The van der Waals surface area contributed by atoms with Crippen LogP contribution in [0.5, 0.6) is 0 Å². The highest BCUT2D eigenvalue weighted by atomic mass is 16.3. The van der Waals surface area contributed by atoms with Gasteiger partial charge in [-0.3, -0.25) is 14.1 Å². The molecule has 124 valence electrons. The number of hydrogen-bond donors (Lipinski definition) is 0. The Hall–Kier alpha value is -2.40. The van der Waals surface area contributed by atoms with Crippen molar-refractivity contribution in [2.75, 3.05) is 6.54 Å². The van der Waals surface area contributed by atoms with E-state index in [0.29, 0.717) is 18.1 Å². The van der Waals surface area contributed by atoms with E-state index in [1.165, 1.54) is 0 Å². The van der Waals surface area contributed by atoms with Crippen molar-refractivity contribution in [3.05, 3.63) is 70.7 Å². The Morgan fingerprint density at radius 3 is 3.04 bits per heavy atom. The van der Waals surface area contributed by atoms with Crippen LogP contribution in [0, 0.1) is 5.92 Å². The van der Waals surface area contributed by atoms with E-state index in [9.17, 15) is 4.79 Å². The molecule has 4 heterocycles. The third-order valence-electron chi connectivity index (χ3n) is 4.84. The fourth-order valence-corrected chi connectivity index (χ4v) is 3.55. The molecule has 0 spiro atoms. The van der Waals surface area contributed by atoms with Crippen LogP contribution in [0.4, 0.5) is 0 Å². The first kappa shape index (κ1) is 15.1. The molecule has 0 aliphatic carbocycles. The lowest BCUT2D eigenvalue weighted by atomic mass is 9.91. The number of hydrogen-bond acceptors (Lipinski definition) is 4. The second-order valence-corrected chi connectivity index (χ2v) is 6.65. The summed E-state index contributed by atoms with van der Waals surface area (Å²) >= 11 is 0. The molecule has 3 aromatic heterocycles. The molecule has 4 rings (SSSR count). The second kappa shape index (κ2) is 6.24. The van der Waals surface area contributed by atoms with Crippen molar-refractivity contribution in [3.8, 4) is 0 Å². The highest BCUT2D eigenvalue weighted by Crippen LogP contribution is 2.34. The average Bonchev–Trinajstić information content (AvgIpc) is 3.11. The molecule has 1 fully saturated rings. The van der Waals surface area contributed by atoms with Gasteiger partial charge in [-0.25, -0.2) is 4.98 Å². The smallest absolute Gasteiger partial charge is 0.258 e. The van der Waals surface area contributed by atoms with Crippen LogP contribution in [0.25, 0.3) is 5.65 Å². The lowest BCUT2D eigenvalue weighted by molar-refractivity contribution is 0.0932. The zero-order valence-electron chi connectivity index (χ0n) is 13.8. The number of aromatic nitrogens is 2. The molecular weight excluding hydrogens is 302 g/mol. The SMILES string of the molecule is C[C@H]1CCN(Cc2cc(=O)n3ccccc3n2)[C@H](c2ccco2)C1. The normalized spacial score (nSPS) is 22.0. The summed E-state index contributed by atoms with van der Waals surface area (Å²) in [6.45, 7) is 3.94. The zero-order chi connectivity index (χ0) is 16.5. The Kier molecular flexibility index (Phi) is 3.94. The van der Waals surface area contributed by atoms with Crippen LogP contribution < -0.4 is 5.56 Å². The number of piperidine rings is 1. The van der Waals surface area contributed by atoms with E-state index in [2.05, 4.69) is 16.8 Å². The predicted octanol–water partition coefficient (Wildman–Crippen LogP) is 3.26. The Morgan fingerprint density at radius 1 is 1.29 bits per heavy atom. The monoisotopic (exact) mass is 323 g/mol. The molecule has 0 amide bonds. The molecule has 2 atom stereocenters. The first-order valence-corrected chi connectivity index (χ1v) is 8.45. The first-order valence-electron chi connectivity index (χ1n) is 8.45. The number of likely N-dealkylation sites (tertiary alicyclic amines) is 1. The van der Waals surface area contributed by atoms with E-state index in [0.717, 1.165) is 30.8 Å². The summed E-state index contributed by atoms with van der Waals surface area (Å²) in [5, 5.41) is 0. The highest BCUT2D eigenvalue weighted by molar-refractivity contribution is 5.38. The molecule has 0 aromatic carbocycles. The van der Waals surface area contributed by atoms with E-state index >= 15 is 0 Å². The topological polar surface area (TPSA) is 50.8 Å².